The summed E-state index contributed by atoms with van der Waals surface area (Å²) in [6.07, 6.45) is 4.00. The molecule has 100 valence electrons. The first-order valence-corrected chi connectivity index (χ1v) is 6.96. The van der Waals surface area contributed by atoms with Crippen LogP contribution in [0, 0.1) is 0 Å². The summed E-state index contributed by atoms with van der Waals surface area (Å²) in [5.74, 6) is 0.606. The Balaban J connectivity index is 2.03. The maximum absolute atomic E-state index is 4.26. The number of hydrogen-bond acceptors (Lipinski definition) is 2. The van der Waals surface area contributed by atoms with Gasteiger partial charge in [-0.25, -0.2) is 0 Å². The van der Waals surface area contributed by atoms with Gasteiger partial charge in [-0.15, -0.1) is 0 Å². The number of rotatable bonds is 2. The van der Waals surface area contributed by atoms with E-state index in [-0.39, 0.29) is 0 Å². The highest BCUT2D eigenvalue weighted by Gasteiger charge is 2.27. The van der Waals surface area contributed by atoms with Crippen molar-refractivity contribution in [2.75, 3.05) is 11.4 Å². The third kappa shape index (κ3) is 2.03. The van der Waals surface area contributed by atoms with E-state index in [2.05, 4.69) is 55.2 Å². The molecule has 0 saturated carbocycles. The summed E-state index contributed by atoms with van der Waals surface area (Å²) in [6, 6.07) is 7.37. The van der Waals surface area contributed by atoms with Gasteiger partial charge in [-0.3, -0.25) is 4.68 Å². The first-order chi connectivity index (χ1) is 9.06. The molecule has 1 atom stereocenters. The molecular formula is C16H21N3. The first-order valence-electron chi connectivity index (χ1n) is 6.96. The van der Waals surface area contributed by atoms with Gasteiger partial charge in [-0.05, 0) is 37.1 Å². The Hall–Kier alpha value is -1.77. The molecule has 19 heavy (non-hydrogen) atoms. The lowest BCUT2D eigenvalue weighted by Crippen LogP contribution is -2.28. The molecule has 2 aromatic rings. The fraction of sp³-hybridized carbons (Fsp3) is 0.438. The molecule has 0 N–H and O–H groups in total. The molecule has 2 heterocycles. The predicted octanol–water partition coefficient (Wildman–Crippen LogP) is 3.42. The SMILES string of the molecule is CC(C)N1C[C@@H](C)c2cc(-c3cnn(C)c3)ccc21. The van der Waals surface area contributed by atoms with Gasteiger partial charge in [0.05, 0.1) is 6.20 Å². The summed E-state index contributed by atoms with van der Waals surface area (Å²) in [5, 5.41) is 4.26. The number of benzene rings is 1. The molecule has 0 bridgehead atoms. The van der Waals surface area contributed by atoms with Crippen molar-refractivity contribution < 1.29 is 0 Å². The Labute approximate surface area is 114 Å². The van der Waals surface area contributed by atoms with Crippen molar-refractivity contribution in [2.45, 2.75) is 32.7 Å². The highest BCUT2D eigenvalue weighted by atomic mass is 15.2. The van der Waals surface area contributed by atoms with Crippen LogP contribution in [0.1, 0.15) is 32.3 Å². The van der Waals surface area contributed by atoms with Crippen LogP contribution in [0.25, 0.3) is 11.1 Å². The molecule has 1 aliphatic heterocycles. The number of aryl methyl sites for hydroxylation is 1. The number of aromatic nitrogens is 2. The summed E-state index contributed by atoms with van der Waals surface area (Å²) in [7, 11) is 1.96. The Bertz CT molecular complexity index is 598. The second-order valence-corrected chi connectivity index (χ2v) is 5.82. The third-order valence-electron chi connectivity index (χ3n) is 4.00. The Morgan fingerprint density at radius 1 is 1.26 bits per heavy atom. The number of anilines is 1. The van der Waals surface area contributed by atoms with Crippen LogP contribution in [-0.4, -0.2) is 22.4 Å². The summed E-state index contributed by atoms with van der Waals surface area (Å²) in [4.78, 5) is 2.49. The summed E-state index contributed by atoms with van der Waals surface area (Å²) >= 11 is 0. The average Bonchev–Trinajstić information content (AvgIpc) is 2.94. The van der Waals surface area contributed by atoms with Crippen molar-refractivity contribution in [1.82, 2.24) is 9.78 Å². The van der Waals surface area contributed by atoms with Crippen molar-refractivity contribution in [3.05, 3.63) is 36.2 Å². The van der Waals surface area contributed by atoms with Gasteiger partial charge in [0.25, 0.3) is 0 Å². The molecule has 0 saturated heterocycles. The van der Waals surface area contributed by atoms with Gasteiger partial charge in [-0.2, -0.15) is 5.10 Å². The van der Waals surface area contributed by atoms with Crippen LogP contribution >= 0.6 is 0 Å². The minimum absolute atomic E-state index is 0.563. The molecule has 0 amide bonds. The Morgan fingerprint density at radius 3 is 2.68 bits per heavy atom. The lowest BCUT2D eigenvalue weighted by Gasteiger charge is -2.24. The standard InChI is InChI=1S/C16H21N3/c1-11(2)19-9-12(3)15-7-13(5-6-16(15)19)14-8-17-18(4)10-14/h5-8,10-12H,9H2,1-4H3/t12-/m1/s1. The molecule has 1 aromatic heterocycles. The molecule has 3 heteroatoms. The van der Waals surface area contributed by atoms with Gasteiger partial charge in [0, 0.05) is 43.0 Å². The average molecular weight is 255 g/mol. The quantitative estimate of drug-likeness (QED) is 0.820. The lowest BCUT2D eigenvalue weighted by atomic mass is 9.99. The van der Waals surface area contributed by atoms with Gasteiger partial charge in [0.15, 0.2) is 0 Å². The molecule has 3 nitrogen and oxygen atoms in total. The van der Waals surface area contributed by atoms with E-state index in [1.807, 2.05) is 17.9 Å². The molecule has 3 rings (SSSR count). The van der Waals surface area contributed by atoms with Crippen LogP contribution < -0.4 is 4.90 Å². The van der Waals surface area contributed by atoms with Crippen molar-refractivity contribution in [1.29, 1.82) is 0 Å². The number of hydrogen-bond donors (Lipinski definition) is 0. The molecule has 1 aromatic carbocycles. The van der Waals surface area contributed by atoms with Crippen LogP contribution in [0.4, 0.5) is 5.69 Å². The van der Waals surface area contributed by atoms with Crippen molar-refractivity contribution >= 4 is 5.69 Å². The van der Waals surface area contributed by atoms with Gasteiger partial charge < -0.3 is 4.90 Å². The number of fused-ring (bicyclic) bond motifs is 1. The highest BCUT2D eigenvalue weighted by Crippen LogP contribution is 2.39. The van der Waals surface area contributed by atoms with Crippen LogP contribution in [0.15, 0.2) is 30.6 Å². The summed E-state index contributed by atoms with van der Waals surface area (Å²) in [5.41, 5.74) is 5.33. The van der Waals surface area contributed by atoms with Crippen LogP contribution in [-0.2, 0) is 7.05 Å². The Morgan fingerprint density at radius 2 is 2.05 bits per heavy atom. The molecular weight excluding hydrogens is 234 g/mol. The van der Waals surface area contributed by atoms with Crippen molar-refractivity contribution in [3.63, 3.8) is 0 Å². The van der Waals surface area contributed by atoms with E-state index in [1.165, 1.54) is 22.4 Å². The lowest BCUT2D eigenvalue weighted by molar-refractivity contribution is 0.670. The van der Waals surface area contributed by atoms with E-state index < -0.39 is 0 Å². The first kappa shape index (κ1) is 12.3. The molecule has 1 aliphatic rings. The molecule has 0 unspecified atom stereocenters. The number of nitrogens with zero attached hydrogens (tertiary/aromatic N) is 3. The zero-order valence-corrected chi connectivity index (χ0v) is 12.1. The van der Waals surface area contributed by atoms with Crippen LogP contribution in [0.3, 0.4) is 0 Å². The van der Waals surface area contributed by atoms with Gasteiger partial charge in [0.2, 0.25) is 0 Å². The zero-order chi connectivity index (χ0) is 13.6. The van der Waals surface area contributed by atoms with E-state index in [0.29, 0.717) is 12.0 Å². The van der Waals surface area contributed by atoms with Crippen LogP contribution in [0.5, 0.6) is 0 Å². The van der Waals surface area contributed by atoms with Gasteiger partial charge >= 0.3 is 0 Å². The molecule has 0 aliphatic carbocycles. The topological polar surface area (TPSA) is 21.1 Å². The monoisotopic (exact) mass is 255 g/mol. The smallest absolute Gasteiger partial charge is 0.0568 e. The maximum Gasteiger partial charge on any atom is 0.0568 e. The molecule has 0 spiro atoms. The fourth-order valence-corrected chi connectivity index (χ4v) is 2.94. The summed E-state index contributed by atoms with van der Waals surface area (Å²) < 4.78 is 1.85. The van der Waals surface area contributed by atoms with Crippen molar-refractivity contribution in [2.24, 2.45) is 7.05 Å². The summed E-state index contributed by atoms with van der Waals surface area (Å²) in [6.45, 7) is 7.96. The largest absolute Gasteiger partial charge is 0.368 e. The van der Waals surface area contributed by atoms with Crippen molar-refractivity contribution in [3.8, 4) is 11.1 Å². The molecule has 0 fully saturated rings. The van der Waals surface area contributed by atoms with E-state index in [9.17, 15) is 0 Å². The second kappa shape index (κ2) is 4.41. The predicted molar refractivity (Wildman–Crippen MR) is 79.5 cm³/mol. The fourth-order valence-electron chi connectivity index (χ4n) is 2.94. The van der Waals surface area contributed by atoms with Gasteiger partial charge in [0.1, 0.15) is 0 Å². The minimum atomic E-state index is 0.563. The zero-order valence-electron chi connectivity index (χ0n) is 12.1. The Kier molecular flexibility index (Phi) is 2.85. The highest BCUT2D eigenvalue weighted by molar-refractivity contribution is 5.71. The molecule has 0 radical (unpaired) electrons. The van der Waals surface area contributed by atoms with E-state index in [1.54, 1.807) is 0 Å². The maximum atomic E-state index is 4.26. The van der Waals surface area contributed by atoms with E-state index in [4.69, 9.17) is 0 Å². The van der Waals surface area contributed by atoms with Crippen LogP contribution in [0.2, 0.25) is 0 Å². The van der Waals surface area contributed by atoms with Gasteiger partial charge in [-0.1, -0.05) is 13.0 Å². The third-order valence-corrected chi connectivity index (χ3v) is 4.00. The second-order valence-electron chi connectivity index (χ2n) is 5.82. The van der Waals surface area contributed by atoms with E-state index in [0.717, 1.165) is 6.54 Å². The van der Waals surface area contributed by atoms with E-state index >= 15 is 0 Å². The minimum Gasteiger partial charge on any atom is -0.368 e. The normalized spacial score (nSPS) is 18.2.